The van der Waals surface area contributed by atoms with Crippen molar-refractivity contribution in [3.8, 4) is 11.5 Å². The minimum atomic E-state index is 0. The van der Waals surface area contributed by atoms with Gasteiger partial charge in [-0.25, -0.2) is 0 Å². The quantitative estimate of drug-likeness (QED) is 0.806. The van der Waals surface area contributed by atoms with Crippen LogP contribution >= 0.6 is 35.6 Å². The molecule has 0 spiro atoms. The first-order chi connectivity index (χ1) is 10.1. The molecule has 0 aliphatic rings. The van der Waals surface area contributed by atoms with Crippen molar-refractivity contribution in [2.75, 3.05) is 14.2 Å². The molecule has 0 heterocycles. The molecule has 0 aliphatic carbocycles. The molecular formula is C16H18Cl3NO2. The molecule has 0 amide bonds. The fraction of sp³-hybridized carbons (Fsp3) is 0.250. The summed E-state index contributed by atoms with van der Waals surface area (Å²) < 4.78 is 11.2. The van der Waals surface area contributed by atoms with Crippen molar-refractivity contribution in [2.24, 2.45) is 0 Å². The van der Waals surface area contributed by atoms with E-state index in [1.54, 1.807) is 7.11 Å². The maximum Gasteiger partial charge on any atom is 0.180 e. The van der Waals surface area contributed by atoms with E-state index in [1.807, 2.05) is 43.4 Å². The lowest BCUT2D eigenvalue weighted by Gasteiger charge is -2.14. The van der Waals surface area contributed by atoms with Crippen LogP contribution in [0.4, 0.5) is 0 Å². The number of hydrogen-bond acceptors (Lipinski definition) is 3. The van der Waals surface area contributed by atoms with Gasteiger partial charge in [0.2, 0.25) is 0 Å². The van der Waals surface area contributed by atoms with E-state index in [2.05, 4.69) is 5.32 Å². The molecule has 0 atom stereocenters. The fourth-order valence-electron chi connectivity index (χ4n) is 1.96. The highest BCUT2D eigenvalue weighted by atomic mass is 35.5. The number of benzene rings is 2. The third-order valence-electron chi connectivity index (χ3n) is 2.97. The summed E-state index contributed by atoms with van der Waals surface area (Å²) in [5.41, 5.74) is 2.05. The van der Waals surface area contributed by atoms with E-state index in [9.17, 15) is 0 Å². The van der Waals surface area contributed by atoms with Crippen LogP contribution in [0, 0.1) is 0 Å². The third-order valence-corrected chi connectivity index (χ3v) is 3.50. The van der Waals surface area contributed by atoms with Crippen molar-refractivity contribution in [3.05, 3.63) is 57.6 Å². The maximum absolute atomic E-state index is 6.29. The van der Waals surface area contributed by atoms with Crippen LogP contribution in [0.1, 0.15) is 11.1 Å². The van der Waals surface area contributed by atoms with Crippen LogP contribution in [0.3, 0.4) is 0 Å². The predicted molar refractivity (Wildman–Crippen MR) is 93.8 cm³/mol. The summed E-state index contributed by atoms with van der Waals surface area (Å²) in [4.78, 5) is 0. The summed E-state index contributed by atoms with van der Waals surface area (Å²) >= 11 is 12.1. The summed E-state index contributed by atoms with van der Waals surface area (Å²) in [5.74, 6) is 1.18. The molecule has 0 fully saturated rings. The Kier molecular flexibility index (Phi) is 7.83. The molecule has 3 nitrogen and oxygen atoms in total. The van der Waals surface area contributed by atoms with E-state index in [4.69, 9.17) is 32.7 Å². The van der Waals surface area contributed by atoms with E-state index in [-0.39, 0.29) is 12.4 Å². The molecule has 0 aliphatic heterocycles. The Labute approximate surface area is 146 Å². The van der Waals surface area contributed by atoms with Crippen molar-refractivity contribution in [1.82, 2.24) is 5.32 Å². The summed E-state index contributed by atoms with van der Waals surface area (Å²) in [6.07, 6.45) is 0. The van der Waals surface area contributed by atoms with Gasteiger partial charge in [-0.15, -0.1) is 12.4 Å². The van der Waals surface area contributed by atoms with Crippen LogP contribution in [0.2, 0.25) is 10.0 Å². The number of hydrogen-bond donors (Lipinski definition) is 1. The van der Waals surface area contributed by atoms with Crippen LogP contribution in [0.15, 0.2) is 36.4 Å². The van der Waals surface area contributed by atoms with Gasteiger partial charge in [0.25, 0.3) is 0 Å². The smallest absolute Gasteiger partial charge is 0.180 e. The monoisotopic (exact) mass is 361 g/mol. The Hall–Kier alpha value is -1.13. The van der Waals surface area contributed by atoms with E-state index >= 15 is 0 Å². The number of nitrogens with one attached hydrogen (secondary N) is 1. The second-order valence-electron chi connectivity index (χ2n) is 4.55. The molecule has 2 aromatic rings. The minimum Gasteiger partial charge on any atom is -0.493 e. The number of halogens is 3. The first kappa shape index (κ1) is 18.9. The van der Waals surface area contributed by atoms with Crippen LogP contribution in [-0.4, -0.2) is 14.2 Å². The zero-order chi connectivity index (χ0) is 15.2. The average Bonchev–Trinajstić information content (AvgIpc) is 2.47. The normalized spacial score (nSPS) is 10.0. The number of ether oxygens (including phenoxy) is 2. The van der Waals surface area contributed by atoms with Crippen molar-refractivity contribution < 1.29 is 9.47 Å². The van der Waals surface area contributed by atoms with Gasteiger partial charge < -0.3 is 14.8 Å². The van der Waals surface area contributed by atoms with Crippen LogP contribution in [0.25, 0.3) is 0 Å². The standard InChI is InChI=1S/C16H17Cl2NO2.ClH/c1-19-9-12-7-14(18)16(15(8-12)20-2)21-10-11-3-5-13(17)6-4-11;/h3-8,19H,9-10H2,1-2H3;1H. The van der Waals surface area contributed by atoms with Crippen molar-refractivity contribution in [2.45, 2.75) is 13.2 Å². The summed E-state index contributed by atoms with van der Waals surface area (Å²) in [5, 5.41) is 4.31. The summed E-state index contributed by atoms with van der Waals surface area (Å²) in [6.45, 7) is 1.12. The second kappa shape index (κ2) is 9.11. The number of rotatable bonds is 6. The van der Waals surface area contributed by atoms with Gasteiger partial charge in [-0.3, -0.25) is 0 Å². The third kappa shape index (κ3) is 4.96. The highest BCUT2D eigenvalue weighted by Gasteiger charge is 2.12. The molecule has 6 heteroatoms. The topological polar surface area (TPSA) is 30.5 Å². The lowest BCUT2D eigenvalue weighted by atomic mass is 10.2. The molecule has 0 aromatic heterocycles. The second-order valence-corrected chi connectivity index (χ2v) is 5.40. The van der Waals surface area contributed by atoms with Crippen molar-refractivity contribution in [1.29, 1.82) is 0 Å². The highest BCUT2D eigenvalue weighted by molar-refractivity contribution is 6.32. The fourth-order valence-corrected chi connectivity index (χ4v) is 2.37. The minimum absolute atomic E-state index is 0. The lowest BCUT2D eigenvalue weighted by molar-refractivity contribution is 0.284. The van der Waals surface area contributed by atoms with E-state index in [0.29, 0.717) is 34.7 Å². The van der Waals surface area contributed by atoms with Gasteiger partial charge in [-0.1, -0.05) is 35.3 Å². The molecule has 0 unspecified atom stereocenters. The Morgan fingerprint density at radius 3 is 2.32 bits per heavy atom. The maximum atomic E-state index is 6.29. The largest absolute Gasteiger partial charge is 0.493 e. The van der Waals surface area contributed by atoms with Gasteiger partial charge in [0, 0.05) is 11.6 Å². The van der Waals surface area contributed by atoms with E-state index in [1.165, 1.54) is 0 Å². The summed E-state index contributed by atoms with van der Waals surface area (Å²) in [7, 11) is 3.48. The predicted octanol–water partition coefficient (Wildman–Crippen LogP) is 4.72. The Balaban J connectivity index is 0.00000242. The molecule has 1 N–H and O–H groups in total. The Bertz CT molecular complexity index is 603. The van der Waals surface area contributed by atoms with Crippen molar-refractivity contribution in [3.63, 3.8) is 0 Å². The lowest BCUT2D eigenvalue weighted by Crippen LogP contribution is -2.06. The van der Waals surface area contributed by atoms with Gasteiger partial charge >= 0.3 is 0 Å². The van der Waals surface area contributed by atoms with Gasteiger partial charge in [0.05, 0.1) is 12.1 Å². The zero-order valence-corrected chi connectivity index (χ0v) is 14.7. The van der Waals surface area contributed by atoms with Crippen LogP contribution in [0.5, 0.6) is 11.5 Å². The molecule has 0 bridgehead atoms. The molecule has 0 saturated heterocycles. The molecule has 120 valence electrons. The Morgan fingerprint density at radius 2 is 1.73 bits per heavy atom. The molecule has 2 aromatic carbocycles. The average molecular weight is 363 g/mol. The number of methoxy groups -OCH3 is 1. The van der Waals surface area contributed by atoms with Gasteiger partial charge in [0.1, 0.15) is 6.61 Å². The Morgan fingerprint density at radius 1 is 1.05 bits per heavy atom. The van der Waals surface area contributed by atoms with Crippen LogP contribution < -0.4 is 14.8 Å². The molecule has 0 saturated carbocycles. The van der Waals surface area contributed by atoms with E-state index in [0.717, 1.165) is 11.1 Å². The van der Waals surface area contributed by atoms with Crippen molar-refractivity contribution >= 4 is 35.6 Å². The summed E-state index contributed by atoms with van der Waals surface area (Å²) in [6, 6.07) is 11.3. The molecule has 0 radical (unpaired) electrons. The van der Waals surface area contributed by atoms with Gasteiger partial charge in [-0.2, -0.15) is 0 Å². The van der Waals surface area contributed by atoms with Gasteiger partial charge in [0.15, 0.2) is 11.5 Å². The molecule has 2 rings (SSSR count). The van der Waals surface area contributed by atoms with E-state index < -0.39 is 0 Å². The first-order valence-corrected chi connectivity index (χ1v) is 7.28. The van der Waals surface area contributed by atoms with Crippen LogP contribution in [-0.2, 0) is 13.2 Å². The first-order valence-electron chi connectivity index (χ1n) is 6.52. The highest BCUT2D eigenvalue weighted by Crippen LogP contribution is 2.37. The molecule has 22 heavy (non-hydrogen) atoms. The zero-order valence-electron chi connectivity index (χ0n) is 12.4. The molecular weight excluding hydrogens is 345 g/mol. The van der Waals surface area contributed by atoms with Gasteiger partial charge in [-0.05, 0) is 42.4 Å². The SMILES string of the molecule is CNCc1cc(Cl)c(OCc2ccc(Cl)cc2)c(OC)c1.Cl.